The summed E-state index contributed by atoms with van der Waals surface area (Å²) < 4.78 is 38.0. The number of alkyl halides is 3. The van der Waals surface area contributed by atoms with Gasteiger partial charge in [-0.3, -0.25) is 4.79 Å². The van der Waals surface area contributed by atoms with Gasteiger partial charge in [0.1, 0.15) is 10.5 Å². The fourth-order valence-electron chi connectivity index (χ4n) is 2.02. The first-order chi connectivity index (χ1) is 10.3. The summed E-state index contributed by atoms with van der Waals surface area (Å²) in [5.74, 6) is -0.273. The van der Waals surface area contributed by atoms with Crippen LogP contribution >= 0.6 is 11.3 Å². The molecule has 0 atom stereocenters. The van der Waals surface area contributed by atoms with E-state index >= 15 is 0 Å². The molecular weight excluding hydrogens is 315 g/mol. The van der Waals surface area contributed by atoms with Gasteiger partial charge in [-0.25, -0.2) is 4.98 Å². The van der Waals surface area contributed by atoms with E-state index in [9.17, 15) is 18.0 Å². The standard InChI is InChI=1S/C14H16F3N3OS/c1-8-9-4-5-10(14(15,16)17)20-13(9)22-11(8)12(21)19-7-3-6-18-2/h4-5,18H,3,6-7H2,1-2H3,(H,19,21). The van der Waals surface area contributed by atoms with Crippen LogP contribution in [0.25, 0.3) is 10.2 Å². The highest BCUT2D eigenvalue weighted by molar-refractivity contribution is 7.20. The smallest absolute Gasteiger partial charge is 0.351 e. The van der Waals surface area contributed by atoms with E-state index in [0.29, 0.717) is 22.4 Å². The number of nitrogens with zero attached hydrogens (tertiary/aromatic N) is 1. The number of aromatic nitrogens is 1. The van der Waals surface area contributed by atoms with Crippen molar-refractivity contribution < 1.29 is 18.0 Å². The lowest BCUT2D eigenvalue weighted by atomic mass is 10.2. The summed E-state index contributed by atoms with van der Waals surface area (Å²) >= 11 is 0.987. The van der Waals surface area contributed by atoms with Crippen molar-refractivity contribution in [3.8, 4) is 0 Å². The van der Waals surface area contributed by atoms with Gasteiger partial charge in [0.25, 0.3) is 5.91 Å². The van der Waals surface area contributed by atoms with Crippen LogP contribution in [0.3, 0.4) is 0 Å². The summed E-state index contributed by atoms with van der Waals surface area (Å²) in [7, 11) is 1.82. The van der Waals surface area contributed by atoms with Crippen molar-refractivity contribution in [1.82, 2.24) is 15.6 Å². The number of carbonyl (C=O) groups is 1. The Morgan fingerprint density at radius 1 is 1.32 bits per heavy atom. The first-order valence-electron chi connectivity index (χ1n) is 6.74. The van der Waals surface area contributed by atoms with Crippen LogP contribution in [0, 0.1) is 6.92 Å². The van der Waals surface area contributed by atoms with Crippen molar-refractivity contribution in [2.24, 2.45) is 0 Å². The summed E-state index contributed by atoms with van der Waals surface area (Å²) in [4.78, 5) is 16.4. The number of aryl methyl sites for hydroxylation is 1. The molecule has 120 valence electrons. The van der Waals surface area contributed by atoms with E-state index in [4.69, 9.17) is 0 Å². The number of hydrogen-bond donors (Lipinski definition) is 2. The summed E-state index contributed by atoms with van der Waals surface area (Å²) in [6.07, 6.45) is -3.70. The van der Waals surface area contributed by atoms with Gasteiger partial charge in [-0.15, -0.1) is 11.3 Å². The second-order valence-electron chi connectivity index (χ2n) is 4.82. The normalized spacial score (nSPS) is 11.9. The SMILES string of the molecule is CNCCCNC(=O)c1sc2nc(C(F)(F)F)ccc2c1C. The fraction of sp³-hybridized carbons (Fsp3) is 0.429. The Kier molecular flexibility index (Phi) is 5.02. The van der Waals surface area contributed by atoms with Gasteiger partial charge >= 0.3 is 6.18 Å². The zero-order valence-corrected chi connectivity index (χ0v) is 13.0. The molecule has 0 unspecified atom stereocenters. The fourth-order valence-corrected chi connectivity index (χ4v) is 3.12. The maximum Gasteiger partial charge on any atom is 0.433 e. The molecule has 4 nitrogen and oxygen atoms in total. The van der Waals surface area contributed by atoms with Crippen molar-refractivity contribution in [1.29, 1.82) is 0 Å². The van der Waals surface area contributed by atoms with Gasteiger partial charge in [0.15, 0.2) is 0 Å². The quantitative estimate of drug-likeness (QED) is 0.828. The highest BCUT2D eigenvalue weighted by atomic mass is 32.1. The van der Waals surface area contributed by atoms with E-state index in [2.05, 4.69) is 15.6 Å². The van der Waals surface area contributed by atoms with E-state index in [1.165, 1.54) is 6.07 Å². The molecule has 0 bridgehead atoms. The third-order valence-corrected chi connectivity index (χ3v) is 4.39. The van der Waals surface area contributed by atoms with Crippen LogP contribution in [0.1, 0.15) is 27.3 Å². The molecule has 2 heterocycles. The minimum absolute atomic E-state index is 0.229. The Morgan fingerprint density at radius 2 is 2.05 bits per heavy atom. The molecule has 0 saturated carbocycles. The summed E-state index contributed by atoms with van der Waals surface area (Å²) in [5.41, 5.74) is -0.283. The van der Waals surface area contributed by atoms with Gasteiger partial charge < -0.3 is 10.6 Å². The molecule has 22 heavy (non-hydrogen) atoms. The van der Waals surface area contributed by atoms with Gasteiger partial charge in [-0.2, -0.15) is 13.2 Å². The zero-order valence-electron chi connectivity index (χ0n) is 12.2. The molecule has 1 amide bonds. The molecule has 0 aliphatic carbocycles. The summed E-state index contributed by atoms with van der Waals surface area (Å²) in [6, 6.07) is 2.31. The molecule has 8 heteroatoms. The summed E-state index contributed by atoms with van der Waals surface area (Å²) in [6.45, 7) is 3.01. The lowest BCUT2D eigenvalue weighted by Gasteiger charge is -2.04. The number of carbonyl (C=O) groups excluding carboxylic acids is 1. The van der Waals surface area contributed by atoms with Crippen molar-refractivity contribution in [2.75, 3.05) is 20.1 Å². The van der Waals surface area contributed by atoms with Crippen LogP contribution in [-0.2, 0) is 6.18 Å². The lowest BCUT2D eigenvalue weighted by Crippen LogP contribution is -2.26. The van der Waals surface area contributed by atoms with Crippen LogP contribution in [-0.4, -0.2) is 31.0 Å². The minimum atomic E-state index is -4.48. The van der Waals surface area contributed by atoms with E-state index in [0.717, 1.165) is 30.4 Å². The predicted molar refractivity (Wildman–Crippen MR) is 80.2 cm³/mol. The lowest BCUT2D eigenvalue weighted by molar-refractivity contribution is -0.140. The number of fused-ring (bicyclic) bond motifs is 1. The third-order valence-electron chi connectivity index (χ3n) is 3.19. The van der Waals surface area contributed by atoms with E-state index < -0.39 is 11.9 Å². The number of rotatable bonds is 5. The van der Waals surface area contributed by atoms with Crippen molar-refractivity contribution >= 4 is 27.5 Å². The number of hydrogen-bond acceptors (Lipinski definition) is 4. The van der Waals surface area contributed by atoms with E-state index in [-0.39, 0.29) is 10.7 Å². The Balaban J connectivity index is 2.24. The molecular formula is C14H16F3N3OS. The largest absolute Gasteiger partial charge is 0.433 e. The molecule has 0 saturated heterocycles. The Hall–Kier alpha value is -1.67. The molecule has 2 N–H and O–H groups in total. The molecule has 0 aromatic carbocycles. The van der Waals surface area contributed by atoms with Gasteiger partial charge in [0.05, 0.1) is 4.88 Å². The molecule has 0 radical (unpaired) electrons. The van der Waals surface area contributed by atoms with Crippen LogP contribution in [0.4, 0.5) is 13.2 Å². The van der Waals surface area contributed by atoms with E-state index in [1.54, 1.807) is 6.92 Å². The maximum atomic E-state index is 12.7. The average Bonchev–Trinajstić information content (AvgIpc) is 2.79. The maximum absolute atomic E-state index is 12.7. The Bertz CT molecular complexity index is 682. The third kappa shape index (κ3) is 3.56. The molecule has 2 aromatic heterocycles. The molecule has 0 spiro atoms. The van der Waals surface area contributed by atoms with Gasteiger partial charge in [0, 0.05) is 11.9 Å². The molecule has 2 rings (SSSR count). The summed E-state index contributed by atoms with van der Waals surface area (Å²) in [5, 5.41) is 6.31. The van der Waals surface area contributed by atoms with Crippen molar-refractivity contribution in [2.45, 2.75) is 19.5 Å². The molecule has 0 aliphatic rings. The number of thiophene rings is 1. The molecule has 2 aromatic rings. The van der Waals surface area contributed by atoms with Crippen molar-refractivity contribution in [3.63, 3.8) is 0 Å². The topological polar surface area (TPSA) is 54.0 Å². The predicted octanol–water partition coefficient (Wildman–Crippen LogP) is 2.96. The monoisotopic (exact) mass is 331 g/mol. The van der Waals surface area contributed by atoms with Gasteiger partial charge in [-0.05, 0) is 44.6 Å². The highest BCUT2D eigenvalue weighted by Gasteiger charge is 2.33. The minimum Gasteiger partial charge on any atom is -0.351 e. The molecule has 0 fully saturated rings. The average molecular weight is 331 g/mol. The number of nitrogens with one attached hydrogen (secondary N) is 2. The van der Waals surface area contributed by atoms with Crippen LogP contribution in [0.2, 0.25) is 0 Å². The van der Waals surface area contributed by atoms with Crippen LogP contribution in [0.15, 0.2) is 12.1 Å². The van der Waals surface area contributed by atoms with Crippen LogP contribution in [0.5, 0.6) is 0 Å². The van der Waals surface area contributed by atoms with Crippen LogP contribution < -0.4 is 10.6 Å². The number of pyridine rings is 1. The second-order valence-corrected chi connectivity index (χ2v) is 5.82. The number of amides is 1. The zero-order chi connectivity index (χ0) is 16.3. The highest BCUT2D eigenvalue weighted by Crippen LogP contribution is 2.34. The van der Waals surface area contributed by atoms with E-state index in [1.807, 2.05) is 7.05 Å². The first-order valence-corrected chi connectivity index (χ1v) is 7.56. The second kappa shape index (κ2) is 6.62. The number of halogens is 3. The Morgan fingerprint density at radius 3 is 2.68 bits per heavy atom. The van der Waals surface area contributed by atoms with Crippen molar-refractivity contribution in [3.05, 3.63) is 28.3 Å². The van der Waals surface area contributed by atoms with Gasteiger partial charge in [-0.1, -0.05) is 0 Å². The first kappa shape index (κ1) is 16.7. The molecule has 0 aliphatic heterocycles. The van der Waals surface area contributed by atoms with Gasteiger partial charge in [0.2, 0.25) is 0 Å². The Labute approximate surface area is 129 Å².